The molecule has 0 saturated heterocycles. The van der Waals surface area contributed by atoms with Gasteiger partial charge in [0.2, 0.25) is 0 Å². The van der Waals surface area contributed by atoms with E-state index in [9.17, 15) is 9.59 Å². The van der Waals surface area contributed by atoms with Gasteiger partial charge in [0.05, 0.1) is 13.2 Å². The van der Waals surface area contributed by atoms with E-state index in [1.54, 1.807) is 11.8 Å². The van der Waals surface area contributed by atoms with Crippen LogP contribution in [0.15, 0.2) is 91.0 Å². The summed E-state index contributed by atoms with van der Waals surface area (Å²) < 4.78 is 13.1. The predicted molar refractivity (Wildman–Crippen MR) is 153 cm³/mol. The minimum absolute atomic E-state index is 0.201. The summed E-state index contributed by atoms with van der Waals surface area (Å²) in [5.74, 6) is -0.508. The molecule has 0 spiro atoms. The van der Waals surface area contributed by atoms with Gasteiger partial charge < -0.3 is 14.4 Å². The molecule has 0 unspecified atom stereocenters. The number of amides is 1. The second kappa shape index (κ2) is 11.0. The smallest absolute Gasteiger partial charge is 0.410 e. The Bertz CT molecular complexity index is 1380. The standard InChI is InChI=1S/C33H35N3O4/c1-5-39-30(37)29-27-23-35(31(38)40-32(2,3)4)22-21-28(27)36(34-29)33(24-15-9-6-10-16-24,25-17-11-7-12-18-25)26-19-13-8-14-20-26/h6-20H,5,21-23H2,1-4H3. The molecule has 1 aliphatic rings. The number of ether oxygens (including phenoxy) is 2. The first-order valence-corrected chi connectivity index (χ1v) is 13.7. The number of aromatic nitrogens is 2. The van der Waals surface area contributed by atoms with Crippen LogP contribution < -0.4 is 0 Å². The second-order valence-corrected chi connectivity index (χ2v) is 10.9. The Balaban J connectivity index is 1.78. The van der Waals surface area contributed by atoms with Crippen LogP contribution in [0, 0.1) is 0 Å². The fraction of sp³-hybridized carbons (Fsp3) is 0.303. The Morgan fingerprint density at radius 2 is 1.32 bits per heavy atom. The quantitative estimate of drug-likeness (QED) is 0.217. The summed E-state index contributed by atoms with van der Waals surface area (Å²) in [7, 11) is 0. The largest absolute Gasteiger partial charge is 0.461 e. The number of hydrogen-bond acceptors (Lipinski definition) is 5. The van der Waals surface area contributed by atoms with Crippen LogP contribution in [-0.2, 0) is 28.0 Å². The van der Waals surface area contributed by atoms with Gasteiger partial charge in [0, 0.05) is 24.2 Å². The maximum atomic E-state index is 13.3. The summed E-state index contributed by atoms with van der Waals surface area (Å²) >= 11 is 0. The SMILES string of the molecule is CCOC(=O)c1nn(C(c2ccccc2)(c2ccccc2)c2ccccc2)c2c1CN(C(=O)OC(C)(C)C)CC2. The van der Waals surface area contributed by atoms with E-state index in [2.05, 4.69) is 36.4 Å². The molecule has 0 bridgehead atoms. The lowest BCUT2D eigenvalue weighted by atomic mass is 9.76. The first-order valence-electron chi connectivity index (χ1n) is 13.7. The molecule has 4 aromatic rings. The zero-order valence-corrected chi connectivity index (χ0v) is 23.5. The van der Waals surface area contributed by atoms with E-state index in [0.29, 0.717) is 18.5 Å². The molecule has 7 heteroatoms. The van der Waals surface area contributed by atoms with Gasteiger partial charge in [-0.2, -0.15) is 5.10 Å². The summed E-state index contributed by atoms with van der Waals surface area (Å²) in [6.07, 6.45) is 0.0797. The minimum atomic E-state index is -0.882. The van der Waals surface area contributed by atoms with E-state index in [1.165, 1.54) is 0 Å². The van der Waals surface area contributed by atoms with Gasteiger partial charge in [-0.1, -0.05) is 91.0 Å². The van der Waals surface area contributed by atoms with Gasteiger partial charge in [-0.25, -0.2) is 14.3 Å². The van der Waals surface area contributed by atoms with Crippen molar-refractivity contribution in [1.82, 2.24) is 14.7 Å². The molecular weight excluding hydrogens is 502 g/mol. The molecule has 0 fully saturated rings. The molecule has 206 valence electrons. The van der Waals surface area contributed by atoms with Gasteiger partial charge in [-0.15, -0.1) is 0 Å². The van der Waals surface area contributed by atoms with E-state index >= 15 is 0 Å². The van der Waals surface area contributed by atoms with Crippen LogP contribution in [0.2, 0.25) is 0 Å². The summed E-state index contributed by atoms with van der Waals surface area (Å²) in [5.41, 5.74) is 3.29. The number of hydrogen-bond donors (Lipinski definition) is 0. The number of carbonyl (C=O) groups excluding carboxylic acids is 2. The topological polar surface area (TPSA) is 73.7 Å². The minimum Gasteiger partial charge on any atom is -0.461 e. The second-order valence-electron chi connectivity index (χ2n) is 10.9. The Morgan fingerprint density at radius 3 is 1.77 bits per heavy atom. The van der Waals surface area contributed by atoms with Crippen LogP contribution in [-0.4, -0.2) is 45.5 Å². The maximum Gasteiger partial charge on any atom is 0.410 e. The summed E-state index contributed by atoms with van der Waals surface area (Å²) in [5, 5.41) is 5.04. The Labute approximate surface area is 235 Å². The molecule has 3 aromatic carbocycles. The monoisotopic (exact) mass is 537 g/mol. The fourth-order valence-corrected chi connectivity index (χ4v) is 5.45. The molecule has 0 N–H and O–H groups in total. The molecule has 7 nitrogen and oxygen atoms in total. The van der Waals surface area contributed by atoms with Gasteiger partial charge in [0.25, 0.3) is 0 Å². The average molecular weight is 538 g/mol. The lowest BCUT2D eigenvalue weighted by Crippen LogP contribution is -2.43. The van der Waals surface area contributed by atoms with Gasteiger partial charge in [0.15, 0.2) is 5.69 Å². The molecule has 0 atom stereocenters. The fourth-order valence-electron chi connectivity index (χ4n) is 5.45. The molecule has 5 rings (SSSR count). The molecular formula is C33H35N3O4. The molecule has 40 heavy (non-hydrogen) atoms. The zero-order valence-electron chi connectivity index (χ0n) is 23.5. The average Bonchev–Trinajstić information content (AvgIpc) is 3.34. The van der Waals surface area contributed by atoms with Crippen LogP contribution in [0.3, 0.4) is 0 Å². The highest BCUT2D eigenvalue weighted by atomic mass is 16.6. The molecule has 0 saturated carbocycles. The normalized spacial score (nSPS) is 13.4. The first-order chi connectivity index (χ1) is 19.3. The van der Waals surface area contributed by atoms with Crippen molar-refractivity contribution in [3.63, 3.8) is 0 Å². The van der Waals surface area contributed by atoms with Crippen LogP contribution in [0.4, 0.5) is 4.79 Å². The first kappa shape index (κ1) is 27.2. The van der Waals surface area contributed by atoms with E-state index in [-0.39, 0.29) is 18.8 Å². The van der Waals surface area contributed by atoms with E-state index < -0.39 is 23.2 Å². The Hall–Kier alpha value is -4.39. The maximum absolute atomic E-state index is 13.3. The molecule has 0 aliphatic carbocycles. The van der Waals surface area contributed by atoms with Crippen LogP contribution in [0.5, 0.6) is 0 Å². The number of esters is 1. The van der Waals surface area contributed by atoms with Crippen molar-refractivity contribution in [2.24, 2.45) is 0 Å². The van der Waals surface area contributed by atoms with Gasteiger partial charge in [-0.3, -0.25) is 0 Å². The van der Waals surface area contributed by atoms with Crippen molar-refractivity contribution in [2.75, 3.05) is 13.2 Å². The summed E-state index contributed by atoms with van der Waals surface area (Å²) in [6.45, 7) is 8.16. The molecule has 0 radical (unpaired) electrons. The molecule has 1 amide bonds. The van der Waals surface area contributed by atoms with Crippen LogP contribution in [0.1, 0.15) is 66.1 Å². The number of rotatable bonds is 6. The van der Waals surface area contributed by atoms with Gasteiger partial charge in [-0.05, 0) is 44.4 Å². The van der Waals surface area contributed by atoms with Crippen molar-refractivity contribution < 1.29 is 19.1 Å². The van der Waals surface area contributed by atoms with E-state index in [1.807, 2.05) is 80.1 Å². The van der Waals surface area contributed by atoms with Crippen LogP contribution in [0.25, 0.3) is 0 Å². The third kappa shape index (κ3) is 4.99. The summed E-state index contributed by atoms with van der Waals surface area (Å²) in [4.78, 5) is 28.0. The zero-order chi connectivity index (χ0) is 28.3. The van der Waals surface area contributed by atoms with Crippen molar-refractivity contribution >= 4 is 12.1 Å². The number of fused-ring (bicyclic) bond motifs is 1. The highest BCUT2D eigenvalue weighted by Gasteiger charge is 2.44. The van der Waals surface area contributed by atoms with Crippen LogP contribution >= 0.6 is 0 Å². The summed E-state index contributed by atoms with van der Waals surface area (Å²) in [6, 6.07) is 30.6. The number of nitrogens with zero attached hydrogens (tertiary/aromatic N) is 3. The predicted octanol–water partition coefficient (Wildman–Crippen LogP) is 6.19. The highest BCUT2D eigenvalue weighted by molar-refractivity contribution is 5.89. The van der Waals surface area contributed by atoms with Crippen molar-refractivity contribution in [2.45, 2.75) is 51.8 Å². The lowest BCUT2D eigenvalue weighted by Gasteiger charge is -2.39. The van der Waals surface area contributed by atoms with Crippen molar-refractivity contribution in [3.05, 3.63) is 125 Å². The van der Waals surface area contributed by atoms with Crippen molar-refractivity contribution in [1.29, 1.82) is 0 Å². The lowest BCUT2D eigenvalue weighted by molar-refractivity contribution is 0.0218. The Morgan fingerprint density at radius 1 is 0.825 bits per heavy atom. The number of benzene rings is 3. The van der Waals surface area contributed by atoms with Crippen molar-refractivity contribution in [3.8, 4) is 0 Å². The van der Waals surface area contributed by atoms with Gasteiger partial charge in [0.1, 0.15) is 11.1 Å². The third-order valence-electron chi connectivity index (χ3n) is 7.07. The van der Waals surface area contributed by atoms with Gasteiger partial charge >= 0.3 is 12.1 Å². The van der Waals surface area contributed by atoms with E-state index in [0.717, 1.165) is 22.4 Å². The third-order valence-corrected chi connectivity index (χ3v) is 7.07. The highest BCUT2D eigenvalue weighted by Crippen LogP contribution is 2.43. The molecule has 1 aromatic heterocycles. The Kier molecular flexibility index (Phi) is 7.48. The molecule has 1 aliphatic heterocycles. The molecule has 2 heterocycles. The number of carbonyl (C=O) groups is 2. The van der Waals surface area contributed by atoms with E-state index in [4.69, 9.17) is 14.6 Å².